The number of hydrogen-bond donors (Lipinski definition) is 1. The lowest BCUT2D eigenvalue weighted by Crippen LogP contribution is -2.01. The lowest BCUT2D eigenvalue weighted by atomic mass is 9.94. The molecule has 0 aromatic heterocycles. The first kappa shape index (κ1) is 13.1. The van der Waals surface area contributed by atoms with Gasteiger partial charge in [0.1, 0.15) is 5.75 Å². The summed E-state index contributed by atoms with van der Waals surface area (Å²) in [4.78, 5) is 11.4. The second kappa shape index (κ2) is 5.14. The van der Waals surface area contributed by atoms with Gasteiger partial charge in [0.2, 0.25) is 0 Å². The molecule has 0 saturated heterocycles. The molecule has 0 radical (unpaired) electrons. The van der Waals surface area contributed by atoms with Crippen LogP contribution in [0.1, 0.15) is 21.5 Å². The number of carboxylic acid groups (broad SMARTS) is 1. The summed E-state index contributed by atoms with van der Waals surface area (Å²) < 4.78 is 5.17. The van der Waals surface area contributed by atoms with Crippen molar-refractivity contribution in [1.29, 1.82) is 0 Å². The molecule has 2 aromatic carbocycles. The largest absolute Gasteiger partial charge is 0.497 e. The highest BCUT2D eigenvalue weighted by molar-refractivity contribution is 5.96. The topological polar surface area (TPSA) is 46.5 Å². The summed E-state index contributed by atoms with van der Waals surface area (Å²) in [5, 5.41) is 9.32. The minimum atomic E-state index is -0.908. The third-order valence-corrected chi connectivity index (χ3v) is 3.13. The van der Waals surface area contributed by atoms with Crippen LogP contribution in [-0.2, 0) is 0 Å². The maximum atomic E-state index is 11.4. The molecular formula is C16H16O3. The summed E-state index contributed by atoms with van der Waals surface area (Å²) >= 11 is 0. The Morgan fingerprint density at radius 2 is 1.74 bits per heavy atom. The average molecular weight is 256 g/mol. The number of hydrogen-bond acceptors (Lipinski definition) is 2. The molecule has 2 rings (SSSR count). The predicted octanol–water partition coefficient (Wildman–Crippen LogP) is 3.68. The molecule has 0 aliphatic heterocycles. The third kappa shape index (κ3) is 2.60. The third-order valence-electron chi connectivity index (χ3n) is 3.13. The van der Waals surface area contributed by atoms with Crippen LogP contribution in [0.5, 0.6) is 5.75 Å². The highest BCUT2D eigenvalue weighted by atomic mass is 16.5. The van der Waals surface area contributed by atoms with Crippen LogP contribution in [-0.4, -0.2) is 18.2 Å². The highest BCUT2D eigenvalue weighted by Crippen LogP contribution is 2.30. The van der Waals surface area contributed by atoms with Gasteiger partial charge in [-0.1, -0.05) is 23.8 Å². The zero-order valence-corrected chi connectivity index (χ0v) is 11.2. The normalized spacial score (nSPS) is 10.3. The molecular weight excluding hydrogens is 240 g/mol. The zero-order valence-electron chi connectivity index (χ0n) is 11.2. The van der Waals surface area contributed by atoms with E-state index in [1.165, 1.54) is 0 Å². The van der Waals surface area contributed by atoms with Crippen molar-refractivity contribution in [3.63, 3.8) is 0 Å². The first-order valence-electron chi connectivity index (χ1n) is 6.02. The maximum Gasteiger partial charge on any atom is 0.336 e. The number of methoxy groups -OCH3 is 1. The number of aryl methyl sites for hydroxylation is 2. The molecule has 0 aliphatic rings. The Hall–Kier alpha value is -2.29. The smallest absolute Gasteiger partial charge is 0.336 e. The standard InChI is InChI=1S/C16H16O3/c1-10-4-6-14(15(8-10)16(17)18)13-7-5-12(19-3)9-11(13)2/h4-9H,1-3H3,(H,17,18). The van der Waals surface area contributed by atoms with E-state index in [1.54, 1.807) is 13.2 Å². The van der Waals surface area contributed by atoms with Crippen LogP contribution in [0.4, 0.5) is 0 Å². The molecule has 3 heteroatoms. The average Bonchev–Trinajstić information content (AvgIpc) is 2.39. The van der Waals surface area contributed by atoms with Gasteiger partial charge < -0.3 is 9.84 Å². The Morgan fingerprint density at radius 3 is 2.32 bits per heavy atom. The summed E-state index contributed by atoms with van der Waals surface area (Å²) in [6.45, 7) is 3.83. The second-order valence-corrected chi connectivity index (χ2v) is 4.54. The summed E-state index contributed by atoms with van der Waals surface area (Å²) in [5.74, 6) is -0.140. The highest BCUT2D eigenvalue weighted by Gasteiger charge is 2.13. The first-order valence-corrected chi connectivity index (χ1v) is 6.02. The Labute approximate surface area is 112 Å². The van der Waals surface area contributed by atoms with Crippen LogP contribution in [0.3, 0.4) is 0 Å². The number of ether oxygens (including phenoxy) is 1. The van der Waals surface area contributed by atoms with Crippen molar-refractivity contribution < 1.29 is 14.6 Å². The van der Waals surface area contributed by atoms with Crippen LogP contribution in [0.25, 0.3) is 11.1 Å². The van der Waals surface area contributed by atoms with Gasteiger partial charge in [-0.2, -0.15) is 0 Å². The monoisotopic (exact) mass is 256 g/mol. The SMILES string of the molecule is COc1ccc(-c2ccc(C)cc2C(=O)O)c(C)c1. The molecule has 2 aromatic rings. The van der Waals surface area contributed by atoms with Crippen molar-refractivity contribution >= 4 is 5.97 Å². The fourth-order valence-electron chi connectivity index (χ4n) is 2.14. The van der Waals surface area contributed by atoms with Crippen molar-refractivity contribution in [2.24, 2.45) is 0 Å². The molecule has 1 N–H and O–H groups in total. The van der Waals surface area contributed by atoms with Crippen molar-refractivity contribution in [3.05, 3.63) is 53.1 Å². The number of rotatable bonds is 3. The Morgan fingerprint density at radius 1 is 1.05 bits per heavy atom. The van der Waals surface area contributed by atoms with Crippen molar-refractivity contribution in [2.45, 2.75) is 13.8 Å². The molecule has 0 bridgehead atoms. The van der Waals surface area contributed by atoms with Gasteiger partial charge in [-0.3, -0.25) is 0 Å². The molecule has 0 unspecified atom stereocenters. The van der Waals surface area contributed by atoms with Crippen LogP contribution < -0.4 is 4.74 Å². The summed E-state index contributed by atoms with van der Waals surface area (Å²) in [6.07, 6.45) is 0. The maximum absolute atomic E-state index is 11.4. The molecule has 0 saturated carbocycles. The van der Waals surface area contributed by atoms with Crippen LogP contribution in [0.2, 0.25) is 0 Å². The fourth-order valence-corrected chi connectivity index (χ4v) is 2.14. The van der Waals surface area contributed by atoms with E-state index in [4.69, 9.17) is 4.74 Å². The number of aromatic carboxylic acids is 1. The van der Waals surface area contributed by atoms with Crippen LogP contribution in [0, 0.1) is 13.8 Å². The van der Waals surface area contributed by atoms with Gasteiger partial charge in [-0.25, -0.2) is 4.79 Å². The molecule has 98 valence electrons. The van der Waals surface area contributed by atoms with E-state index in [0.717, 1.165) is 28.0 Å². The van der Waals surface area contributed by atoms with E-state index < -0.39 is 5.97 Å². The van der Waals surface area contributed by atoms with Crippen molar-refractivity contribution in [3.8, 4) is 16.9 Å². The van der Waals surface area contributed by atoms with Gasteiger partial charge >= 0.3 is 5.97 Å². The van der Waals surface area contributed by atoms with E-state index >= 15 is 0 Å². The van der Waals surface area contributed by atoms with Crippen LogP contribution in [0.15, 0.2) is 36.4 Å². The molecule has 0 spiro atoms. The summed E-state index contributed by atoms with van der Waals surface area (Å²) in [7, 11) is 1.61. The van der Waals surface area contributed by atoms with E-state index in [0.29, 0.717) is 5.56 Å². The number of benzene rings is 2. The van der Waals surface area contributed by atoms with Gasteiger partial charge in [0.15, 0.2) is 0 Å². The molecule has 19 heavy (non-hydrogen) atoms. The number of carbonyl (C=O) groups is 1. The van der Waals surface area contributed by atoms with Gasteiger partial charge in [0.05, 0.1) is 12.7 Å². The Balaban J connectivity index is 2.62. The predicted molar refractivity (Wildman–Crippen MR) is 74.9 cm³/mol. The minimum Gasteiger partial charge on any atom is -0.497 e. The molecule has 0 amide bonds. The van der Waals surface area contributed by atoms with Gasteiger partial charge in [0.25, 0.3) is 0 Å². The molecule has 0 aliphatic carbocycles. The minimum absolute atomic E-state index is 0.327. The molecule has 0 fully saturated rings. The fraction of sp³-hybridized carbons (Fsp3) is 0.188. The van der Waals surface area contributed by atoms with Crippen molar-refractivity contribution in [1.82, 2.24) is 0 Å². The summed E-state index contributed by atoms with van der Waals surface area (Å²) in [5.41, 5.74) is 3.91. The molecule has 0 atom stereocenters. The van der Waals surface area contributed by atoms with E-state index in [2.05, 4.69) is 0 Å². The number of carboxylic acids is 1. The quantitative estimate of drug-likeness (QED) is 0.911. The molecule has 0 heterocycles. The lowest BCUT2D eigenvalue weighted by molar-refractivity contribution is 0.0697. The Bertz CT molecular complexity index is 630. The lowest BCUT2D eigenvalue weighted by Gasteiger charge is -2.11. The Kier molecular flexibility index (Phi) is 3.56. The van der Waals surface area contributed by atoms with Gasteiger partial charge in [-0.05, 0) is 48.7 Å². The van der Waals surface area contributed by atoms with Crippen molar-refractivity contribution in [2.75, 3.05) is 7.11 Å². The van der Waals surface area contributed by atoms with E-state index in [9.17, 15) is 9.90 Å². The van der Waals surface area contributed by atoms with Crippen LogP contribution >= 0.6 is 0 Å². The summed E-state index contributed by atoms with van der Waals surface area (Å²) in [6, 6.07) is 11.1. The zero-order chi connectivity index (χ0) is 14.0. The second-order valence-electron chi connectivity index (χ2n) is 4.54. The van der Waals surface area contributed by atoms with E-state index in [1.807, 2.05) is 44.2 Å². The molecule has 3 nitrogen and oxygen atoms in total. The van der Waals surface area contributed by atoms with E-state index in [-0.39, 0.29) is 0 Å². The van der Waals surface area contributed by atoms with Gasteiger partial charge in [-0.15, -0.1) is 0 Å². The van der Waals surface area contributed by atoms with Gasteiger partial charge in [0, 0.05) is 0 Å². The first-order chi connectivity index (χ1) is 9.02.